The first kappa shape index (κ1) is 13.6. The van der Waals surface area contributed by atoms with Crippen molar-refractivity contribution < 1.29 is 5.11 Å². The van der Waals surface area contributed by atoms with Crippen LogP contribution in [0.5, 0.6) is 0 Å². The minimum atomic E-state index is -0.357. The molecule has 0 aromatic heterocycles. The Balaban J connectivity index is 2.04. The minimum Gasteiger partial charge on any atom is -0.387 e. The standard InChI is InChI=1S/C16H25NO/c1-12-8-13(2)10-15(9-12)16(18)11-17-7-5-4-6-14(17)3/h8-10,14,16,18H,4-7,11H2,1-3H3. The number of hydrogen-bond donors (Lipinski definition) is 1. The second-order valence-corrected chi connectivity index (χ2v) is 5.78. The number of aliphatic hydroxyl groups excluding tert-OH is 1. The molecule has 0 aliphatic carbocycles. The molecule has 1 aromatic rings. The van der Waals surface area contributed by atoms with Crippen molar-refractivity contribution in [1.29, 1.82) is 0 Å². The van der Waals surface area contributed by atoms with Gasteiger partial charge in [0.15, 0.2) is 0 Å². The number of rotatable bonds is 3. The van der Waals surface area contributed by atoms with Crippen LogP contribution in [0.1, 0.15) is 49.0 Å². The first-order chi connectivity index (χ1) is 8.56. The molecule has 18 heavy (non-hydrogen) atoms. The predicted octanol–water partition coefficient (Wildman–Crippen LogP) is 3.21. The van der Waals surface area contributed by atoms with Crippen molar-refractivity contribution in [3.63, 3.8) is 0 Å². The molecule has 100 valence electrons. The molecule has 1 aromatic carbocycles. The molecule has 1 fully saturated rings. The monoisotopic (exact) mass is 247 g/mol. The van der Waals surface area contributed by atoms with Crippen LogP contribution in [0.25, 0.3) is 0 Å². The molecule has 1 aliphatic rings. The summed E-state index contributed by atoms with van der Waals surface area (Å²) in [7, 11) is 0. The van der Waals surface area contributed by atoms with Crippen LogP contribution in [0.3, 0.4) is 0 Å². The highest BCUT2D eigenvalue weighted by atomic mass is 16.3. The summed E-state index contributed by atoms with van der Waals surface area (Å²) in [4.78, 5) is 2.42. The summed E-state index contributed by atoms with van der Waals surface area (Å²) in [5, 5.41) is 10.4. The average molecular weight is 247 g/mol. The Bertz CT molecular complexity index is 382. The Morgan fingerprint density at radius 3 is 2.50 bits per heavy atom. The Labute approximate surface area is 111 Å². The number of benzene rings is 1. The van der Waals surface area contributed by atoms with E-state index >= 15 is 0 Å². The molecular weight excluding hydrogens is 222 g/mol. The van der Waals surface area contributed by atoms with Crippen molar-refractivity contribution in [3.05, 3.63) is 34.9 Å². The summed E-state index contributed by atoms with van der Waals surface area (Å²) < 4.78 is 0. The highest BCUT2D eigenvalue weighted by Crippen LogP contribution is 2.22. The number of aliphatic hydroxyl groups is 1. The maximum absolute atomic E-state index is 10.4. The molecule has 0 saturated carbocycles. The van der Waals surface area contributed by atoms with Gasteiger partial charge in [-0.1, -0.05) is 35.7 Å². The van der Waals surface area contributed by atoms with E-state index in [9.17, 15) is 5.11 Å². The van der Waals surface area contributed by atoms with Gasteiger partial charge in [-0.15, -0.1) is 0 Å². The molecule has 2 heteroatoms. The van der Waals surface area contributed by atoms with E-state index in [0.717, 1.165) is 18.7 Å². The largest absolute Gasteiger partial charge is 0.387 e. The zero-order valence-corrected chi connectivity index (χ0v) is 11.8. The summed E-state index contributed by atoms with van der Waals surface area (Å²) in [6.07, 6.45) is 3.50. The Hall–Kier alpha value is -0.860. The zero-order chi connectivity index (χ0) is 13.1. The van der Waals surface area contributed by atoms with Crippen LogP contribution >= 0.6 is 0 Å². The lowest BCUT2D eigenvalue weighted by molar-refractivity contribution is 0.0732. The maximum Gasteiger partial charge on any atom is 0.0917 e. The molecule has 0 amide bonds. The molecular formula is C16H25NO. The van der Waals surface area contributed by atoms with Crippen molar-refractivity contribution in [2.75, 3.05) is 13.1 Å². The topological polar surface area (TPSA) is 23.5 Å². The van der Waals surface area contributed by atoms with Gasteiger partial charge in [-0.3, -0.25) is 4.90 Å². The van der Waals surface area contributed by atoms with Crippen molar-refractivity contribution in [1.82, 2.24) is 4.90 Å². The van der Waals surface area contributed by atoms with Crippen LogP contribution in [0.15, 0.2) is 18.2 Å². The van der Waals surface area contributed by atoms with Gasteiger partial charge >= 0.3 is 0 Å². The van der Waals surface area contributed by atoms with Crippen molar-refractivity contribution >= 4 is 0 Å². The first-order valence-corrected chi connectivity index (χ1v) is 7.06. The summed E-state index contributed by atoms with van der Waals surface area (Å²) >= 11 is 0. The molecule has 2 rings (SSSR count). The Morgan fingerprint density at radius 1 is 1.22 bits per heavy atom. The maximum atomic E-state index is 10.4. The number of β-amino-alcohol motifs (C(OH)–C–C–N with tert-alkyl or cyclic N) is 1. The Kier molecular flexibility index (Phi) is 4.41. The van der Waals surface area contributed by atoms with E-state index in [-0.39, 0.29) is 6.10 Å². The van der Waals surface area contributed by atoms with E-state index in [0.29, 0.717) is 6.04 Å². The van der Waals surface area contributed by atoms with Crippen LogP contribution in [0.4, 0.5) is 0 Å². The van der Waals surface area contributed by atoms with Crippen LogP contribution in [0, 0.1) is 13.8 Å². The van der Waals surface area contributed by atoms with Gasteiger partial charge in [-0.2, -0.15) is 0 Å². The summed E-state index contributed by atoms with van der Waals surface area (Å²) in [5.41, 5.74) is 3.52. The SMILES string of the molecule is Cc1cc(C)cc(C(O)CN2CCCCC2C)c1. The molecule has 0 bridgehead atoms. The average Bonchev–Trinajstić information content (AvgIpc) is 2.31. The predicted molar refractivity (Wildman–Crippen MR) is 75.8 cm³/mol. The molecule has 1 saturated heterocycles. The number of piperidine rings is 1. The van der Waals surface area contributed by atoms with Crippen LogP contribution < -0.4 is 0 Å². The van der Waals surface area contributed by atoms with Crippen LogP contribution in [-0.4, -0.2) is 29.1 Å². The summed E-state index contributed by atoms with van der Waals surface area (Å²) in [5.74, 6) is 0. The second-order valence-electron chi connectivity index (χ2n) is 5.78. The molecule has 2 atom stereocenters. The quantitative estimate of drug-likeness (QED) is 0.886. The first-order valence-electron chi connectivity index (χ1n) is 7.06. The van der Waals surface area contributed by atoms with Gasteiger partial charge in [0.2, 0.25) is 0 Å². The summed E-state index contributed by atoms with van der Waals surface area (Å²) in [6.45, 7) is 8.35. The lowest BCUT2D eigenvalue weighted by Gasteiger charge is -2.34. The molecule has 2 nitrogen and oxygen atoms in total. The number of nitrogens with zero attached hydrogens (tertiary/aromatic N) is 1. The highest BCUT2D eigenvalue weighted by molar-refractivity contribution is 5.30. The van der Waals surface area contributed by atoms with Gasteiger partial charge in [0.1, 0.15) is 0 Å². The Morgan fingerprint density at radius 2 is 1.89 bits per heavy atom. The van der Waals surface area contributed by atoms with Crippen molar-refractivity contribution in [3.8, 4) is 0 Å². The zero-order valence-electron chi connectivity index (χ0n) is 11.8. The van der Waals surface area contributed by atoms with Crippen molar-refractivity contribution in [2.24, 2.45) is 0 Å². The van der Waals surface area contributed by atoms with Gasteiger partial charge < -0.3 is 5.11 Å². The lowest BCUT2D eigenvalue weighted by Crippen LogP contribution is -2.40. The molecule has 1 heterocycles. The third kappa shape index (κ3) is 3.33. The fourth-order valence-electron chi connectivity index (χ4n) is 2.96. The van der Waals surface area contributed by atoms with E-state index in [4.69, 9.17) is 0 Å². The smallest absolute Gasteiger partial charge is 0.0917 e. The molecule has 0 radical (unpaired) electrons. The molecule has 1 N–H and O–H groups in total. The van der Waals surface area contributed by atoms with Gasteiger partial charge in [-0.05, 0) is 45.7 Å². The third-order valence-corrected chi connectivity index (χ3v) is 3.98. The van der Waals surface area contributed by atoms with Gasteiger partial charge in [0.05, 0.1) is 6.10 Å². The van der Waals surface area contributed by atoms with Crippen molar-refractivity contribution in [2.45, 2.75) is 52.2 Å². The van der Waals surface area contributed by atoms with E-state index in [1.54, 1.807) is 0 Å². The van der Waals surface area contributed by atoms with Crippen LogP contribution in [0.2, 0.25) is 0 Å². The fraction of sp³-hybridized carbons (Fsp3) is 0.625. The van der Waals surface area contributed by atoms with Gasteiger partial charge in [0, 0.05) is 12.6 Å². The van der Waals surface area contributed by atoms with E-state index < -0.39 is 0 Å². The number of likely N-dealkylation sites (tertiary alicyclic amines) is 1. The normalized spacial score (nSPS) is 23.0. The van der Waals surface area contributed by atoms with E-state index in [2.05, 4.69) is 43.9 Å². The number of aryl methyl sites for hydroxylation is 2. The summed E-state index contributed by atoms with van der Waals surface area (Å²) in [6, 6.07) is 6.97. The van der Waals surface area contributed by atoms with E-state index in [1.165, 1.54) is 30.4 Å². The lowest BCUT2D eigenvalue weighted by atomic mass is 10.00. The third-order valence-electron chi connectivity index (χ3n) is 3.98. The number of hydrogen-bond acceptors (Lipinski definition) is 2. The van der Waals surface area contributed by atoms with E-state index in [1.807, 2.05) is 0 Å². The molecule has 2 unspecified atom stereocenters. The second kappa shape index (κ2) is 5.85. The minimum absolute atomic E-state index is 0.357. The highest BCUT2D eigenvalue weighted by Gasteiger charge is 2.21. The van der Waals surface area contributed by atoms with Gasteiger partial charge in [-0.25, -0.2) is 0 Å². The molecule has 1 aliphatic heterocycles. The van der Waals surface area contributed by atoms with Crippen LogP contribution in [-0.2, 0) is 0 Å². The fourth-order valence-corrected chi connectivity index (χ4v) is 2.96. The molecule has 0 spiro atoms. The van der Waals surface area contributed by atoms with Gasteiger partial charge in [0.25, 0.3) is 0 Å².